The van der Waals surface area contributed by atoms with Gasteiger partial charge in [-0.05, 0) is 54.4 Å². The monoisotopic (exact) mass is 665 g/mol. The van der Waals surface area contributed by atoms with Gasteiger partial charge in [-0.1, -0.05) is 62.3 Å². The van der Waals surface area contributed by atoms with Crippen LogP contribution in [0.3, 0.4) is 0 Å². The second-order valence-corrected chi connectivity index (χ2v) is 31.3. The van der Waals surface area contributed by atoms with Gasteiger partial charge in [-0.2, -0.15) is 4.99 Å². The van der Waals surface area contributed by atoms with Crippen LogP contribution in [0.15, 0.2) is 17.6 Å². The molecular formula is C31H59N5O5Si3. The number of nitrogens with zero attached hydrogens (tertiary/aromatic N) is 5. The van der Waals surface area contributed by atoms with Crippen LogP contribution in [0.5, 0.6) is 0 Å². The molecule has 3 rings (SSSR count). The molecule has 1 fully saturated rings. The summed E-state index contributed by atoms with van der Waals surface area (Å²) < 4.78 is 32.0. The lowest BCUT2D eigenvalue weighted by atomic mass is 10.1. The lowest BCUT2D eigenvalue weighted by Crippen LogP contribution is -2.54. The van der Waals surface area contributed by atoms with Crippen LogP contribution in [-0.4, -0.2) is 74.9 Å². The zero-order chi connectivity index (χ0) is 33.8. The molecule has 1 amide bonds. The van der Waals surface area contributed by atoms with E-state index in [1.165, 1.54) is 6.92 Å². The van der Waals surface area contributed by atoms with Gasteiger partial charge in [0.15, 0.2) is 47.8 Å². The molecule has 4 atom stereocenters. The third kappa shape index (κ3) is 7.55. The van der Waals surface area contributed by atoms with E-state index >= 15 is 0 Å². The summed E-state index contributed by atoms with van der Waals surface area (Å²) in [6.45, 7) is 35.7. The van der Waals surface area contributed by atoms with Crippen molar-refractivity contribution in [2.45, 2.75) is 148 Å². The van der Waals surface area contributed by atoms with Gasteiger partial charge in [0.1, 0.15) is 18.3 Å². The Labute approximate surface area is 268 Å². The first-order valence-electron chi connectivity index (χ1n) is 15.8. The molecule has 0 aliphatic carbocycles. The van der Waals surface area contributed by atoms with E-state index in [4.69, 9.17) is 28.0 Å². The maximum Gasteiger partial charge on any atom is 0.244 e. The number of aryl methyl sites for hydroxylation is 1. The minimum Gasteiger partial charge on any atom is -0.414 e. The fourth-order valence-electron chi connectivity index (χ4n) is 4.35. The smallest absolute Gasteiger partial charge is 0.244 e. The molecule has 3 heterocycles. The number of amides is 1. The van der Waals surface area contributed by atoms with Crippen molar-refractivity contribution in [2.24, 2.45) is 12.0 Å². The first kappa shape index (κ1) is 37.0. The molecule has 0 spiro atoms. The van der Waals surface area contributed by atoms with Crippen molar-refractivity contribution in [3.63, 3.8) is 0 Å². The zero-order valence-corrected chi connectivity index (χ0v) is 33.4. The first-order valence-corrected chi connectivity index (χ1v) is 24.5. The number of carbonyl (C=O) groups excluding carboxylic acids is 1. The molecule has 1 aliphatic heterocycles. The Balaban J connectivity index is 2.24. The highest BCUT2D eigenvalue weighted by Gasteiger charge is 2.55. The molecule has 0 N–H and O–H groups in total. The second-order valence-electron chi connectivity index (χ2n) is 17.0. The quantitative estimate of drug-likeness (QED) is 0.282. The fourth-order valence-corrected chi connectivity index (χ4v) is 7.96. The van der Waals surface area contributed by atoms with Crippen molar-refractivity contribution in [1.82, 2.24) is 19.1 Å². The van der Waals surface area contributed by atoms with E-state index in [2.05, 4.69) is 107 Å². The van der Waals surface area contributed by atoms with Gasteiger partial charge in [-0.15, -0.1) is 0 Å². The molecule has 44 heavy (non-hydrogen) atoms. The number of fused-ring (bicyclic) bond motifs is 1. The van der Waals surface area contributed by atoms with Crippen molar-refractivity contribution >= 4 is 42.0 Å². The van der Waals surface area contributed by atoms with Crippen LogP contribution in [0.1, 0.15) is 75.5 Å². The van der Waals surface area contributed by atoms with Crippen LogP contribution in [0.4, 0.5) is 0 Å². The van der Waals surface area contributed by atoms with E-state index in [1.54, 1.807) is 24.3 Å². The lowest BCUT2D eigenvalue weighted by Gasteiger charge is -2.44. The number of hydrogen-bond donors (Lipinski definition) is 0. The molecule has 10 nitrogen and oxygen atoms in total. The highest BCUT2D eigenvalue weighted by molar-refractivity contribution is 6.75. The van der Waals surface area contributed by atoms with Gasteiger partial charge in [0, 0.05) is 14.0 Å². The highest BCUT2D eigenvalue weighted by Crippen LogP contribution is 2.46. The number of ether oxygens (including phenoxy) is 1. The topological polar surface area (TPSA) is 102 Å². The predicted molar refractivity (Wildman–Crippen MR) is 184 cm³/mol. The van der Waals surface area contributed by atoms with Gasteiger partial charge in [0.05, 0.1) is 19.3 Å². The van der Waals surface area contributed by atoms with Crippen LogP contribution in [0, 0.1) is 0 Å². The molecule has 13 heteroatoms. The fraction of sp³-hybridized carbons (Fsp3) is 0.806. The van der Waals surface area contributed by atoms with Crippen molar-refractivity contribution < 1.29 is 22.8 Å². The van der Waals surface area contributed by atoms with E-state index < -0.39 is 37.3 Å². The number of hydrogen-bond acceptors (Lipinski definition) is 7. The third-order valence-corrected chi connectivity index (χ3v) is 23.8. The Morgan fingerprint density at radius 1 is 0.841 bits per heavy atom. The molecule has 0 aromatic carbocycles. The zero-order valence-electron chi connectivity index (χ0n) is 30.4. The molecular weight excluding hydrogens is 607 g/mol. The van der Waals surface area contributed by atoms with Gasteiger partial charge >= 0.3 is 0 Å². The molecule has 0 unspecified atom stereocenters. The summed E-state index contributed by atoms with van der Waals surface area (Å²) in [7, 11) is -4.87. The van der Waals surface area contributed by atoms with Gasteiger partial charge in [0.25, 0.3) is 0 Å². The third-order valence-electron chi connectivity index (χ3n) is 10.4. The number of rotatable bonds is 8. The predicted octanol–water partition coefficient (Wildman–Crippen LogP) is 6.92. The van der Waals surface area contributed by atoms with Crippen LogP contribution < -0.4 is 5.49 Å². The standard InChI is InChI=1S/C31H59N5O5Si3/c1-21(37)34-27-23-26(33-19-35(27)11)36(20-32-23)28-25(41-44(16,17)31(8,9)10)24(40-43(14,15)30(5,6)7)22(39-28)18-38-42(12,13)29(2,3)4/h19-20,22,24-25,28H,18H2,1-17H3/t22-,24-,25-,28-/m1/s1. The van der Waals surface area contributed by atoms with E-state index in [9.17, 15) is 4.79 Å². The normalized spacial score (nSPS) is 23.2. The number of carbonyl (C=O) groups is 1. The Morgan fingerprint density at radius 2 is 1.34 bits per heavy atom. The van der Waals surface area contributed by atoms with E-state index in [1.807, 2.05) is 4.57 Å². The SMILES string of the molecule is CC(=O)N=c1c2ncn([C@@H]3O[C@H](CO[Si](C)(C)C(C)(C)C)[C@@H](O[Si](C)(C)C(C)(C)C)[C@H]3O[Si](C)(C)C(C)(C)C)c2ncn1C. The molecule has 1 saturated heterocycles. The van der Waals surface area contributed by atoms with E-state index in [0.717, 1.165) is 0 Å². The van der Waals surface area contributed by atoms with E-state index in [-0.39, 0.29) is 33.2 Å². The van der Waals surface area contributed by atoms with Gasteiger partial charge < -0.3 is 22.6 Å². The second kappa shape index (κ2) is 12.3. The maximum atomic E-state index is 12.0. The van der Waals surface area contributed by atoms with Crippen LogP contribution in [0.25, 0.3) is 11.2 Å². The first-order chi connectivity index (χ1) is 19.7. The lowest BCUT2D eigenvalue weighted by molar-refractivity contribution is -0.116. The minimum atomic E-state index is -2.31. The number of imidazole rings is 1. The Morgan fingerprint density at radius 3 is 1.82 bits per heavy atom. The average molecular weight is 666 g/mol. The van der Waals surface area contributed by atoms with E-state index in [0.29, 0.717) is 23.3 Å². The Kier molecular flexibility index (Phi) is 10.3. The van der Waals surface area contributed by atoms with Crippen LogP contribution in [-0.2, 0) is 29.9 Å². The van der Waals surface area contributed by atoms with Crippen LogP contribution in [0.2, 0.25) is 54.4 Å². The minimum absolute atomic E-state index is 0.0153. The summed E-state index contributed by atoms with van der Waals surface area (Å²) >= 11 is 0. The van der Waals surface area contributed by atoms with Gasteiger partial charge in [-0.25, -0.2) is 9.97 Å². The largest absolute Gasteiger partial charge is 0.414 e. The maximum absolute atomic E-state index is 12.0. The molecule has 2 aromatic heterocycles. The van der Waals surface area contributed by atoms with Crippen molar-refractivity contribution in [3.8, 4) is 0 Å². The van der Waals surface area contributed by atoms with Crippen LogP contribution >= 0.6 is 0 Å². The average Bonchev–Trinajstić information content (AvgIpc) is 3.38. The summed E-state index contributed by atoms with van der Waals surface area (Å²) in [6, 6.07) is 0. The summed E-state index contributed by atoms with van der Waals surface area (Å²) in [4.78, 5) is 25.6. The number of aromatic nitrogens is 4. The summed E-state index contributed by atoms with van der Waals surface area (Å²) in [6.07, 6.45) is 1.66. The summed E-state index contributed by atoms with van der Waals surface area (Å²) in [5.74, 6) is -0.301. The van der Waals surface area contributed by atoms with Crippen molar-refractivity contribution in [1.29, 1.82) is 0 Å². The molecule has 2 aromatic rings. The molecule has 250 valence electrons. The molecule has 0 bridgehead atoms. The summed E-state index contributed by atoms with van der Waals surface area (Å²) in [5.41, 5.74) is 1.56. The highest BCUT2D eigenvalue weighted by atomic mass is 28.4. The van der Waals surface area contributed by atoms with Gasteiger partial charge in [-0.3, -0.25) is 9.36 Å². The Hall–Kier alpha value is -1.49. The molecule has 0 saturated carbocycles. The Bertz CT molecular complexity index is 1410. The van der Waals surface area contributed by atoms with Crippen molar-refractivity contribution in [3.05, 3.63) is 18.1 Å². The van der Waals surface area contributed by atoms with Gasteiger partial charge in [0.2, 0.25) is 5.91 Å². The summed E-state index contributed by atoms with van der Waals surface area (Å²) in [5, 5.41) is -0.00165. The molecule has 1 aliphatic rings. The van der Waals surface area contributed by atoms with Crippen molar-refractivity contribution in [2.75, 3.05) is 6.61 Å². The molecule has 0 radical (unpaired) electrons.